The van der Waals surface area contributed by atoms with Gasteiger partial charge < -0.3 is 4.90 Å². The molecule has 0 saturated carbocycles. The van der Waals surface area contributed by atoms with Crippen molar-refractivity contribution in [2.45, 2.75) is 19.3 Å². The minimum Gasteiger partial charge on any atom is -0.356 e. The molecule has 0 spiro atoms. The van der Waals surface area contributed by atoms with Gasteiger partial charge in [0.05, 0.1) is 18.1 Å². The van der Waals surface area contributed by atoms with E-state index in [1.54, 1.807) is 12.1 Å². The molecule has 0 aliphatic carbocycles. The molecule has 0 bridgehead atoms. The molecule has 0 amide bonds. The highest BCUT2D eigenvalue weighted by atomic mass is 32.2. The molecule has 3 aromatic heterocycles. The number of aromatic nitrogens is 4. The van der Waals surface area contributed by atoms with Gasteiger partial charge in [-0.25, -0.2) is 36.4 Å². The lowest BCUT2D eigenvalue weighted by molar-refractivity contribution is 0.144. The van der Waals surface area contributed by atoms with Crippen molar-refractivity contribution in [2.24, 2.45) is 5.92 Å². The second-order valence-electron chi connectivity index (χ2n) is 7.76. The maximum absolute atomic E-state index is 13.1. The lowest BCUT2D eigenvalue weighted by Crippen LogP contribution is -2.41. The van der Waals surface area contributed by atoms with Gasteiger partial charge in [0.1, 0.15) is 23.3 Å². The smallest absolute Gasteiger partial charge is 0.282 e. The van der Waals surface area contributed by atoms with E-state index < -0.39 is 16.4 Å². The van der Waals surface area contributed by atoms with Gasteiger partial charge in [0, 0.05) is 25.2 Å². The maximum atomic E-state index is 13.1. The molecule has 1 unspecified atom stereocenters. The lowest BCUT2D eigenvalue weighted by Gasteiger charge is -2.33. The number of rotatable bonds is 6. The first-order chi connectivity index (χ1) is 15.2. The number of halogens is 2. The molecule has 1 aliphatic rings. The number of hydrogen-bond acceptors (Lipinski definition) is 7. The zero-order chi connectivity index (χ0) is 22.9. The normalized spacial score (nSPS) is 17.1. The van der Waals surface area contributed by atoms with Gasteiger partial charge in [-0.1, -0.05) is 0 Å². The summed E-state index contributed by atoms with van der Waals surface area (Å²) in [5.41, 5.74) is 1.26. The molecular weight excluding hydrogens is 440 g/mol. The van der Waals surface area contributed by atoms with Crippen molar-refractivity contribution in [3.8, 4) is 17.3 Å². The Bertz CT molecular complexity index is 1290. The highest BCUT2D eigenvalue weighted by molar-refractivity contribution is 7.88. The average Bonchev–Trinajstić information content (AvgIpc) is 3.20. The molecule has 3 aromatic rings. The van der Waals surface area contributed by atoms with Gasteiger partial charge in [-0.15, -0.1) is 0 Å². The fourth-order valence-electron chi connectivity index (χ4n) is 3.79. The molecular formula is C20H21F2N7O2S. The molecule has 32 heavy (non-hydrogen) atoms. The van der Waals surface area contributed by atoms with Crippen molar-refractivity contribution in [1.29, 1.82) is 5.26 Å². The van der Waals surface area contributed by atoms with Gasteiger partial charge in [-0.2, -0.15) is 10.4 Å². The summed E-state index contributed by atoms with van der Waals surface area (Å²) in [7, 11) is -3.28. The Balaban J connectivity index is 1.67. The van der Waals surface area contributed by atoms with E-state index in [9.17, 15) is 22.5 Å². The second-order valence-corrected chi connectivity index (χ2v) is 9.59. The maximum Gasteiger partial charge on any atom is 0.282 e. The van der Waals surface area contributed by atoms with Crippen molar-refractivity contribution < 1.29 is 17.2 Å². The van der Waals surface area contributed by atoms with E-state index in [0.717, 1.165) is 19.1 Å². The highest BCUT2D eigenvalue weighted by Crippen LogP contribution is 2.28. The lowest BCUT2D eigenvalue weighted by atomic mass is 9.98. The van der Waals surface area contributed by atoms with E-state index >= 15 is 0 Å². The van der Waals surface area contributed by atoms with Crippen LogP contribution >= 0.6 is 0 Å². The minimum absolute atomic E-state index is 0.0977. The number of hydrogen-bond donors (Lipinski definition) is 1. The standard InChI is InChI=1S/C20H21F2N7O2S/c1-32(30,31)25-10-13-3-2-6-28(12-13)19-8-14(7-15(9-23)26-19)17-11-24-18-5-4-16(20(21)22)27-29(17)18/h4-5,7-8,11,13,20,25H,2-3,6,10,12H2,1H3. The number of imidazole rings is 1. The predicted octanol–water partition coefficient (Wildman–Crippen LogP) is 2.37. The Morgan fingerprint density at radius 2 is 2.16 bits per heavy atom. The summed E-state index contributed by atoms with van der Waals surface area (Å²) in [5, 5.41) is 13.5. The summed E-state index contributed by atoms with van der Waals surface area (Å²) in [6.07, 6.45) is 1.65. The van der Waals surface area contributed by atoms with E-state index in [1.807, 2.05) is 11.0 Å². The van der Waals surface area contributed by atoms with E-state index in [0.29, 0.717) is 42.4 Å². The van der Waals surface area contributed by atoms with Crippen LogP contribution in [0.2, 0.25) is 0 Å². The SMILES string of the molecule is CS(=O)(=O)NCC1CCCN(c2cc(-c3cnc4ccc(C(F)F)nn34)cc(C#N)n2)C1. The molecule has 1 fully saturated rings. The molecule has 0 aromatic carbocycles. The molecule has 9 nitrogen and oxygen atoms in total. The Hall–Kier alpha value is -3.17. The number of fused-ring (bicyclic) bond motifs is 1. The molecule has 0 radical (unpaired) electrons. The molecule has 1 N–H and O–H groups in total. The number of nitriles is 1. The summed E-state index contributed by atoms with van der Waals surface area (Å²) in [5.74, 6) is 0.656. The van der Waals surface area contributed by atoms with Crippen LogP contribution in [-0.2, 0) is 10.0 Å². The number of alkyl halides is 2. The monoisotopic (exact) mass is 461 g/mol. The summed E-state index contributed by atoms with van der Waals surface area (Å²) in [4.78, 5) is 10.6. The number of sulfonamides is 1. The zero-order valence-corrected chi connectivity index (χ0v) is 18.1. The first-order valence-corrected chi connectivity index (χ1v) is 11.9. The average molecular weight is 461 g/mol. The predicted molar refractivity (Wildman–Crippen MR) is 114 cm³/mol. The molecule has 12 heteroatoms. The van der Waals surface area contributed by atoms with Gasteiger partial charge >= 0.3 is 0 Å². The Kier molecular flexibility index (Phi) is 6.03. The number of nitrogens with zero attached hydrogens (tertiary/aromatic N) is 6. The second kappa shape index (κ2) is 8.76. The van der Waals surface area contributed by atoms with Crippen LogP contribution in [0.3, 0.4) is 0 Å². The van der Waals surface area contributed by atoms with Gasteiger partial charge in [-0.3, -0.25) is 0 Å². The van der Waals surface area contributed by atoms with Gasteiger partial charge in [0.15, 0.2) is 5.65 Å². The van der Waals surface area contributed by atoms with Crippen LogP contribution < -0.4 is 9.62 Å². The van der Waals surface area contributed by atoms with Crippen LogP contribution in [0.5, 0.6) is 0 Å². The van der Waals surface area contributed by atoms with Crippen LogP contribution in [0.25, 0.3) is 16.9 Å². The van der Waals surface area contributed by atoms with Gasteiger partial charge in [0.25, 0.3) is 6.43 Å². The minimum atomic E-state index is -3.28. The molecule has 1 atom stereocenters. The molecule has 1 saturated heterocycles. The Morgan fingerprint density at radius 3 is 2.88 bits per heavy atom. The van der Waals surface area contributed by atoms with E-state index in [2.05, 4.69) is 19.8 Å². The first-order valence-electron chi connectivity index (χ1n) is 9.98. The van der Waals surface area contributed by atoms with Crippen LogP contribution in [0.15, 0.2) is 30.5 Å². The summed E-state index contributed by atoms with van der Waals surface area (Å²) < 4.78 is 53.0. The summed E-state index contributed by atoms with van der Waals surface area (Å²) in [6.45, 7) is 1.61. The van der Waals surface area contributed by atoms with Crippen LogP contribution in [0.4, 0.5) is 14.6 Å². The molecule has 4 rings (SSSR count). The zero-order valence-electron chi connectivity index (χ0n) is 17.2. The number of pyridine rings is 1. The van der Waals surface area contributed by atoms with Crippen molar-refractivity contribution >= 4 is 21.5 Å². The Labute approximate surface area is 183 Å². The fourth-order valence-corrected chi connectivity index (χ4v) is 4.33. The number of anilines is 1. The van der Waals surface area contributed by atoms with Gasteiger partial charge in [-0.05, 0) is 43.0 Å². The third-order valence-electron chi connectivity index (χ3n) is 5.31. The molecule has 4 heterocycles. The van der Waals surface area contributed by atoms with E-state index in [-0.39, 0.29) is 17.3 Å². The molecule has 168 valence electrons. The van der Waals surface area contributed by atoms with Crippen LogP contribution in [-0.4, -0.2) is 53.9 Å². The summed E-state index contributed by atoms with van der Waals surface area (Å²) >= 11 is 0. The Morgan fingerprint density at radius 1 is 1.34 bits per heavy atom. The van der Waals surface area contributed by atoms with Crippen LogP contribution in [0, 0.1) is 17.2 Å². The highest BCUT2D eigenvalue weighted by Gasteiger charge is 2.23. The molecule has 1 aliphatic heterocycles. The van der Waals surface area contributed by atoms with Crippen molar-refractivity contribution in [3.63, 3.8) is 0 Å². The van der Waals surface area contributed by atoms with E-state index in [4.69, 9.17) is 0 Å². The summed E-state index contributed by atoms with van der Waals surface area (Å²) in [6, 6.07) is 8.08. The quantitative estimate of drug-likeness (QED) is 0.599. The largest absolute Gasteiger partial charge is 0.356 e. The van der Waals surface area contributed by atoms with Gasteiger partial charge in [0.2, 0.25) is 10.0 Å². The van der Waals surface area contributed by atoms with E-state index in [1.165, 1.54) is 22.8 Å². The number of nitrogens with one attached hydrogen (secondary N) is 1. The fraction of sp³-hybridized carbons (Fsp3) is 0.400. The first kappa shape index (κ1) is 22.0. The van der Waals surface area contributed by atoms with Crippen molar-refractivity contribution in [1.82, 2.24) is 24.3 Å². The third kappa shape index (κ3) is 4.84. The number of piperidine rings is 1. The van der Waals surface area contributed by atoms with Crippen molar-refractivity contribution in [2.75, 3.05) is 30.8 Å². The van der Waals surface area contributed by atoms with Crippen LogP contribution in [0.1, 0.15) is 30.7 Å². The third-order valence-corrected chi connectivity index (χ3v) is 6.00. The van der Waals surface area contributed by atoms with Crippen molar-refractivity contribution in [3.05, 3.63) is 41.9 Å². The topological polar surface area (TPSA) is 116 Å².